The van der Waals surface area contributed by atoms with Crippen molar-refractivity contribution in [1.82, 2.24) is 5.32 Å². The maximum atomic E-state index is 12.8. The predicted molar refractivity (Wildman–Crippen MR) is 104 cm³/mol. The summed E-state index contributed by atoms with van der Waals surface area (Å²) in [6.07, 6.45) is 0. The molecule has 2 aromatic carbocycles. The second-order valence-electron chi connectivity index (χ2n) is 6.24. The number of amides is 1. The molecule has 9 nitrogen and oxygen atoms in total. The summed E-state index contributed by atoms with van der Waals surface area (Å²) in [6, 6.07) is 7.53. The third kappa shape index (κ3) is 4.68. The molecule has 2 aromatic rings. The molecule has 0 radical (unpaired) electrons. The number of hydrogen-bond acceptors (Lipinski definition) is 7. The number of aliphatic hydroxyl groups is 1. The maximum Gasteiger partial charge on any atom is 0.272 e. The molecular weight excluding hydrogens is 366 g/mol. The molecule has 28 heavy (non-hydrogen) atoms. The van der Waals surface area contributed by atoms with Crippen molar-refractivity contribution in [2.45, 2.75) is 19.4 Å². The molecule has 4 N–H and O–H groups in total. The van der Waals surface area contributed by atoms with Crippen LogP contribution in [-0.4, -0.2) is 36.8 Å². The number of carbonyl (C=O) groups is 1. The van der Waals surface area contributed by atoms with Gasteiger partial charge in [-0.25, -0.2) is 0 Å². The Balaban J connectivity index is 2.34. The number of aliphatic hydroxyl groups excluding tert-OH is 1. The lowest BCUT2D eigenvalue weighted by molar-refractivity contribution is -0.384. The molecule has 0 saturated carbocycles. The highest BCUT2D eigenvalue weighted by atomic mass is 16.6. The number of nitrogens with zero attached hydrogens (tertiary/aromatic N) is 1. The molecule has 2 rings (SSSR count). The standard InChI is InChI=1S/C19H23N3O6/c1-11(10-23)18-16(6-13(22(25)26)7-17(18)20)19(24)21-9-12-4-14(27-2)8-15(5-12)28-3/h4-8,11,23H,9-10,20H2,1-3H3,(H,21,24). The fourth-order valence-corrected chi connectivity index (χ4v) is 2.84. The maximum absolute atomic E-state index is 12.8. The zero-order valence-corrected chi connectivity index (χ0v) is 15.9. The van der Waals surface area contributed by atoms with Crippen molar-refractivity contribution >= 4 is 17.3 Å². The van der Waals surface area contributed by atoms with Gasteiger partial charge in [0.15, 0.2) is 0 Å². The summed E-state index contributed by atoms with van der Waals surface area (Å²) < 4.78 is 10.4. The SMILES string of the molecule is COc1cc(CNC(=O)c2cc([N+](=O)[O-])cc(N)c2C(C)CO)cc(OC)c1. The van der Waals surface area contributed by atoms with Gasteiger partial charge in [-0.05, 0) is 23.3 Å². The van der Waals surface area contributed by atoms with E-state index < -0.39 is 16.7 Å². The summed E-state index contributed by atoms with van der Waals surface area (Å²) >= 11 is 0. The molecule has 0 aliphatic rings. The minimum Gasteiger partial charge on any atom is -0.497 e. The van der Waals surface area contributed by atoms with E-state index in [1.807, 2.05) is 0 Å². The summed E-state index contributed by atoms with van der Waals surface area (Å²) in [5.41, 5.74) is 6.87. The molecule has 150 valence electrons. The highest BCUT2D eigenvalue weighted by Gasteiger charge is 2.23. The second-order valence-corrected chi connectivity index (χ2v) is 6.24. The monoisotopic (exact) mass is 389 g/mol. The quantitative estimate of drug-likeness (QED) is 0.358. The normalized spacial score (nSPS) is 11.6. The van der Waals surface area contributed by atoms with Crippen LogP contribution >= 0.6 is 0 Å². The Bertz CT molecular complexity index is 862. The predicted octanol–water partition coefficient (Wildman–Crippen LogP) is 2.22. The highest BCUT2D eigenvalue weighted by molar-refractivity contribution is 5.98. The van der Waals surface area contributed by atoms with E-state index in [1.54, 1.807) is 25.1 Å². The number of nitrogens with two attached hydrogens (primary N) is 1. The topological polar surface area (TPSA) is 137 Å². The van der Waals surface area contributed by atoms with E-state index in [4.69, 9.17) is 15.2 Å². The molecule has 1 amide bonds. The van der Waals surface area contributed by atoms with Crippen molar-refractivity contribution in [3.05, 3.63) is 57.1 Å². The summed E-state index contributed by atoms with van der Waals surface area (Å²) in [7, 11) is 3.04. The lowest BCUT2D eigenvalue weighted by Crippen LogP contribution is -2.25. The molecule has 0 spiro atoms. The molecule has 9 heteroatoms. The van der Waals surface area contributed by atoms with Crippen LogP contribution in [0.2, 0.25) is 0 Å². The van der Waals surface area contributed by atoms with Gasteiger partial charge in [-0.2, -0.15) is 0 Å². The first-order chi connectivity index (χ1) is 13.3. The number of hydrogen-bond donors (Lipinski definition) is 3. The third-order valence-corrected chi connectivity index (χ3v) is 4.28. The minimum atomic E-state index is -0.618. The average molecular weight is 389 g/mol. The van der Waals surface area contributed by atoms with Crippen LogP contribution in [0, 0.1) is 10.1 Å². The van der Waals surface area contributed by atoms with E-state index in [0.717, 1.165) is 5.56 Å². The Morgan fingerprint density at radius 3 is 2.32 bits per heavy atom. The van der Waals surface area contributed by atoms with Gasteiger partial charge in [0, 0.05) is 43.0 Å². The van der Waals surface area contributed by atoms with Crippen molar-refractivity contribution in [1.29, 1.82) is 0 Å². The van der Waals surface area contributed by atoms with Gasteiger partial charge in [0.2, 0.25) is 0 Å². The Morgan fingerprint density at radius 1 is 1.21 bits per heavy atom. The summed E-state index contributed by atoms with van der Waals surface area (Å²) in [4.78, 5) is 23.3. The first kappa shape index (κ1) is 21.0. The molecular formula is C19H23N3O6. The molecule has 0 aromatic heterocycles. The fraction of sp³-hybridized carbons (Fsp3) is 0.316. The Labute approximate surface area is 162 Å². The van der Waals surface area contributed by atoms with Crippen molar-refractivity contribution in [2.75, 3.05) is 26.6 Å². The van der Waals surface area contributed by atoms with Gasteiger partial charge in [0.05, 0.1) is 24.7 Å². The number of methoxy groups -OCH3 is 2. The number of anilines is 1. The van der Waals surface area contributed by atoms with E-state index in [2.05, 4.69) is 5.32 Å². The molecule has 0 saturated heterocycles. The molecule has 0 aliphatic carbocycles. The van der Waals surface area contributed by atoms with Crippen LogP contribution in [0.3, 0.4) is 0 Å². The van der Waals surface area contributed by atoms with Crippen LogP contribution in [0.25, 0.3) is 0 Å². The Morgan fingerprint density at radius 2 is 1.82 bits per heavy atom. The van der Waals surface area contributed by atoms with Crippen LogP contribution in [0.4, 0.5) is 11.4 Å². The Kier molecular flexibility index (Phi) is 6.78. The van der Waals surface area contributed by atoms with Gasteiger partial charge < -0.3 is 25.6 Å². The van der Waals surface area contributed by atoms with Gasteiger partial charge in [-0.1, -0.05) is 6.92 Å². The van der Waals surface area contributed by atoms with Gasteiger partial charge in [0.1, 0.15) is 11.5 Å². The number of non-ortho nitro benzene ring substituents is 1. The Hall–Kier alpha value is -3.33. The number of nitrogens with one attached hydrogen (secondary N) is 1. The summed E-state index contributed by atoms with van der Waals surface area (Å²) in [5.74, 6) is 0.140. The highest BCUT2D eigenvalue weighted by Crippen LogP contribution is 2.31. The number of benzene rings is 2. The van der Waals surface area contributed by atoms with Crippen LogP contribution in [-0.2, 0) is 6.54 Å². The molecule has 0 fully saturated rings. The van der Waals surface area contributed by atoms with Crippen LogP contribution in [0.5, 0.6) is 11.5 Å². The van der Waals surface area contributed by atoms with E-state index in [-0.39, 0.29) is 30.1 Å². The lowest BCUT2D eigenvalue weighted by Gasteiger charge is -2.17. The minimum absolute atomic E-state index is 0.0584. The van der Waals surface area contributed by atoms with Crippen molar-refractivity contribution < 1.29 is 24.3 Å². The van der Waals surface area contributed by atoms with E-state index in [0.29, 0.717) is 17.1 Å². The number of nitrogen functional groups attached to an aromatic ring is 1. The van der Waals surface area contributed by atoms with Gasteiger partial charge in [-0.15, -0.1) is 0 Å². The summed E-state index contributed by atoms with van der Waals surface area (Å²) in [5, 5.41) is 23.3. The number of nitro benzene ring substituents is 1. The molecule has 1 atom stereocenters. The fourth-order valence-electron chi connectivity index (χ4n) is 2.84. The largest absolute Gasteiger partial charge is 0.497 e. The first-order valence-electron chi connectivity index (χ1n) is 8.49. The number of rotatable bonds is 8. The van der Waals surface area contributed by atoms with Crippen LogP contribution in [0.15, 0.2) is 30.3 Å². The second kappa shape index (κ2) is 9.05. The van der Waals surface area contributed by atoms with Gasteiger partial charge >= 0.3 is 0 Å². The molecule has 0 heterocycles. The first-order valence-corrected chi connectivity index (χ1v) is 8.49. The van der Waals surface area contributed by atoms with E-state index in [1.165, 1.54) is 26.4 Å². The smallest absolute Gasteiger partial charge is 0.272 e. The zero-order chi connectivity index (χ0) is 20.8. The van der Waals surface area contributed by atoms with Gasteiger partial charge in [0.25, 0.3) is 11.6 Å². The van der Waals surface area contributed by atoms with Crippen molar-refractivity contribution in [3.8, 4) is 11.5 Å². The number of nitro groups is 1. The van der Waals surface area contributed by atoms with Crippen molar-refractivity contribution in [2.24, 2.45) is 0 Å². The van der Waals surface area contributed by atoms with Crippen LogP contribution < -0.4 is 20.5 Å². The van der Waals surface area contributed by atoms with Crippen molar-refractivity contribution in [3.63, 3.8) is 0 Å². The zero-order valence-electron chi connectivity index (χ0n) is 15.9. The molecule has 0 bridgehead atoms. The van der Waals surface area contributed by atoms with Crippen LogP contribution in [0.1, 0.15) is 34.3 Å². The molecule has 1 unspecified atom stereocenters. The van der Waals surface area contributed by atoms with E-state index >= 15 is 0 Å². The average Bonchev–Trinajstić information content (AvgIpc) is 2.70. The third-order valence-electron chi connectivity index (χ3n) is 4.28. The van der Waals surface area contributed by atoms with E-state index in [9.17, 15) is 20.0 Å². The number of ether oxygens (including phenoxy) is 2. The number of carbonyl (C=O) groups excluding carboxylic acids is 1. The lowest BCUT2D eigenvalue weighted by atomic mass is 9.93. The molecule has 0 aliphatic heterocycles. The van der Waals surface area contributed by atoms with Gasteiger partial charge in [-0.3, -0.25) is 14.9 Å². The summed E-state index contributed by atoms with van der Waals surface area (Å²) in [6.45, 7) is 1.57.